The van der Waals surface area contributed by atoms with Gasteiger partial charge in [0.2, 0.25) is 5.91 Å². The fourth-order valence-corrected chi connectivity index (χ4v) is 7.77. The zero-order valence-corrected chi connectivity index (χ0v) is 19.1. The number of rotatable bonds is 4. The summed E-state index contributed by atoms with van der Waals surface area (Å²) in [5.41, 5.74) is 1.03. The maximum Gasteiger partial charge on any atom is 0.253 e. The summed E-state index contributed by atoms with van der Waals surface area (Å²) in [6, 6.07) is 2.32. The van der Waals surface area contributed by atoms with E-state index in [4.69, 9.17) is 11.6 Å². The molecule has 2 aromatic heterocycles. The van der Waals surface area contributed by atoms with Crippen molar-refractivity contribution in [3.63, 3.8) is 0 Å². The predicted octanol–water partition coefficient (Wildman–Crippen LogP) is 3.06. The minimum Gasteiger partial charge on any atom is -0.301 e. The van der Waals surface area contributed by atoms with E-state index in [1.807, 2.05) is 0 Å². The molecule has 7 nitrogen and oxygen atoms in total. The number of nitrogens with zero attached hydrogens (tertiary/aromatic N) is 3. The van der Waals surface area contributed by atoms with E-state index in [2.05, 4.69) is 22.2 Å². The van der Waals surface area contributed by atoms with Gasteiger partial charge in [-0.1, -0.05) is 11.6 Å². The Morgan fingerprint density at radius 2 is 2.11 bits per heavy atom. The van der Waals surface area contributed by atoms with Gasteiger partial charge in [-0.15, -0.1) is 35.1 Å². The lowest BCUT2D eigenvalue weighted by Crippen LogP contribution is -2.42. The van der Waals surface area contributed by atoms with Gasteiger partial charge in [-0.2, -0.15) is 4.31 Å². The second kappa shape index (κ2) is 8.55. The Bertz CT molecular complexity index is 976. The van der Waals surface area contributed by atoms with E-state index in [0.717, 1.165) is 41.4 Å². The maximum absolute atomic E-state index is 12.9. The molecule has 1 amide bonds. The Balaban J connectivity index is 0.00000225. The molecule has 0 aromatic carbocycles. The van der Waals surface area contributed by atoms with Crippen molar-refractivity contribution in [3.05, 3.63) is 27.0 Å². The summed E-state index contributed by atoms with van der Waals surface area (Å²) in [6.45, 7) is 2.10. The summed E-state index contributed by atoms with van der Waals surface area (Å²) >= 11 is 8.36. The molecule has 12 heteroatoms. The molecular formula is C16H20Cl2N4O3S3. The van der Waals surface area contributed by atoms with E-state index in [1.165, 1.54) is 21.7 Å². The number of nitrogens with one attached hydrogen (secondary N) is 1. The van der Waals surface area contributed by atoms with Gasteiger partial charge in [0, 0.05) is 30.9 Å². The fourth-order valence-electron chi connectivity index (χ4n) is 3.41. The van der Waals surface area contributed by atoms with E-state index in [1.54, 1.807) is 6.07 Å². The highest BCUT2D eigenvalue weighted by molar-refractivity contribution is 7.91. The van der Waals surface area contributed by atoms with E-state index >= 15 is 0 Å². The number of halogens is 2. The van der Waals surface area contributed by atoms with Crippen LogP contribution in [-0.4, -0.2) is 54.7 Å². The van der Waals surface area contributed by atoms with Gasteiger partial charge in [0.25, 0.3) is 10.0 Å². The minimum absolute atomic E-state index is 0. The summed E-state index contributed by atoms with van der Waals surface area (Å²) in [5, 5.41) is 3.38. The summed E-state index contributed by atoms with van der Waals surface area (Å²) in [7, 11) is -1.68. The van der Waals surface area contributed by atoms with Gasteiger partial charge in [-0.3, -0.25) is 4.79 Å². The molecule has 0 spiro atoms. The SMILES string of the molecule is CN1CCc2nc(NC(=O)C3CCCN3S(=O)(=O)c3ccc(Cl)s3)sc2C1.Cl. The van der Waals surface area contributed by atoms with Gasteiger partial charge in [0.15, 0.2) is 5.13 Å². The van der Waals surface area contributed by atoms with Crippen LogP contribution in [0, 0.1) is 0 Å². The van der Waals surface area contributed by atoms with Crippen LogP contribution in [0.1, 0.15) is 23.4 Å². The number of thiophene rings is 1. The van der Waals surface area contributed by atoms with Crippen molar-refractivity contribution >= 4 is 67.7 Å². The molecule has 1 fully saturated rings. The standard InChI is InChI=1S/C16H19ClN4O3S3.ClH/c1-20-8-6-10-12(9-20)25-16(18-10)19-15(22)11-3-2-7-21(11)27(23,24)14-5-4-13(17)26-14;/h4-5,11H,2-3,6-9H2,1H3,(H,18,19,22);1H. The van der Waals surface area contributed by atoms with Gasteiger partial charge in [0.05, 0.1) is 10.0 Å². The van der Waals surface area contributed by atoms with Crippen molar-refractivity contribution in [2.24, 2.45) is 0 Å². The third-order valence-corrected chi connectivity index (χ3v) is 9.37. The lowest BCUT2D eigenvalue weighted by Gasteiger charge is -2.22. The number of amides is 1. The van der Waals surface area contributed by atoms with Gasteiger partial charge >= 0.3 is 0 Å². The van der Waals surface area contributed by atoms with E-state index < -0.39 is 16.1 Å². The van der Waals surface area contributed by atoms with Gasteiger partial charge in [-0.05, 0) is 32.0 Å². The number of carbonyl (C=O) groups excluding carboxylic acids is 1. The molecule has 4 rings (SSSR count). The second-order valence-electron chi connectivity index (χ2n) is 6.70. The third kappa shape index (κ3) is 4.23. The van der Waals surface area contributed by atoms with Crippen LogP contribution in [0.15, 0.2) is 16.3 Å². The first kappa shape index (κ1) is 21.9. The monoisotopic (exact) mass is 482 g/mol. The van der Waals surface area contributed by atoms with Crippen LogP contribution in [0.5, 0.6) is 0 Å². The highest BCUT2D eigenvalue weighted by Crippen LogP contribution is 2.33. The van der Waals surface area contributed by atoms with Crippen molar-refractivity contribution in [1.82, 2.24) is 14.2 Å². The highest BCUT2D eigenvalue weighted by atomic mass is 35.5. The van der Waals surface area contributed by atoms with Crippen LogP contribution in [-0.2, 0) is 27.8 Å². The van der Waals surface area contributed by atoms with Crippen LogP contribution in [0.4, 0.5) is 5.13 Å². The van der Waals surface area contributed by atoms with E-state index in [0.29, 0.717) is 28.9 Å². The van der Waals surface area contributed by atoms with Crippen LogP contribution >= 0.6 is 46.7 Å². The highest BCUT2D eigenvalue weighted by Gasteiger charge is 2.40. The average Bonchev–Trinajstić information content (AvgIpc) is 3.32. The molecule has 0 radical (unpaired) electrons. The van der Waals surface area contributed by atoms with E-state index in [9.17, 15) is 13.2 Å². The molecule has 1 atom stereocenters. The number of carbonyl (C=O) groups is 1. The van der Waals surface area contributed by atoms with Crippen molar-refractivity contribution in [2.75, 3.05) is 25.5 Å². The fraction of sp³-hybridized carbons (Fsp3) is 0.500. The normalized spacial score (nSPS) is 20.6. The quantitative estimate of drug-likeness (QED) is 0.723. The predicted molar refractivity (Wildman–Crippen MR) is 114 cm³/mol. The molecule has 2 aromatic rings. The smallest absolute Gasteiger partial charge is 0.253 e. The molecule has 0 aliphatic carbocycles. The lowest BCUT2D eigenvalue weighted by molar-refractivity contribution is -0.119. The van der Waals surface area contributed by atoms with Crippen LogP contribution in [0.2, 0.25) is 4.34 Å². The molecule has 1 saturated heterocycles. The Morgan fingerprint density at radius 1 is 1.32 bits per heavy atom. The second-order valence-corrected chi connectivity index (χ2v) is 11.6. The number of thiazole rings is 1. The minimum atomic E-state index is -3.73. The first-order valence-electron chi connectivity index (χ1n) is 8.60. The van der Waals surface area contributed by atoms with Crippen molar-refractivity contribution in [3.8, 4) is 0 Å². The number of anilines is 1. The number of hydrogen-bond donors (Lipinski definition) is 1. The molecule has 28 heavy (non-hydrogen) atoms. The summed E-state index contributed by atoms with van der Waals surface area (Å²) in [6.07, 6.45) is 2.01. The van der Waals surface area contributed by atoms with Crippen molar-refractivity contribution < 1.29 is 13.2 Å². The van der Waals surface area contributed by atoms with Crippen LogP contribution in [0.25, 0.3) is 0 Å². The summed E-state index contributed by atoms with van der Waals surface area (Å²) < 4.78 is 27.6. The molecule has 2 aliphatic rings. The maximum atomic E-state index is 12.9. The van der Waals surface area contributed by atoms with Crippen LogP contribution < -0.4 is 5.32 Å². The largest absolute Gasteiger partial charge is 0.301 e. The number of likely N-dealkylation sites (N-methyl/N-ethyl adjacent to an activating group) is 1. The Hall–Kier alpha value is -0.750. The topological polar surface area (TPSA) is 82.6 Å². The van der Waals surface area contributed by atoms with Crippen molar-refractivity contribution in [2.45, 2.75) is 36.1 Å². The average molecular weight is 483 g/mol. The van der Waals surface area contributed by atoms with Gasteiger partial charge < -0.3 is 10.2 Å². The summed E-state index contributed by atoms with van der Waals surface area (Å²) in [5.74, 6) is -0.321. The molecule has 0 saturated carbocycles. The number of sulfonamides is 1. The Kier molecular flexibility index (Phi) is 6.70. The molecular weight excluding hydrogens is 463 g/mol. The molecule has 0 bridgehead atoms. The zero-order chi connectivity index (χ0) is 19.2. The van der Waals surface area contributed by atoms with Crippen molar-refractivity contribution in [1.29, 1.82) is 0 Å². The first-order valence-corrected chi connectivity index (χ1v) is 12.0. The van der Waals surface area contributed by atoms with Crippen LogP contribution in [0.3, 0.4) is 0 Å². The molecule has 4 heterocycles. The first-order chi connectivity index (χ1) is 12.8. The Morgan fingerprint density at radius 3 is 2.82 bits per heavy atom. The third-order valence-electron chi connectivity index (χ3n) is 4.77. The number of fused-ring (bicyclic) bond motifs is 1. The summed E-state index contributed by atoms with van der Waals surface area (Å²) in [4.78, 5) is 20.7. The van der Waals surface area contributed by atoms with Gasteiger partial charge in [0.1, 0.15) is 10.3 Å². The van der Waals surface area contributed by atoms with Gasteiger partial charge in [-0.25, -0.2) is 13.4 Å². The molecule has 154 valence electrons. The number of hydrogen-bond acceptors (Lipinski definition) is 7. The van der Waals surface area contributed by atoms with E-state index in [-0.39, 0.29) is 22.5 Å². The zero-order valence-electron chi connectivity index (χ0n) is 15.1. The number of aromatic nitrogens is 1. The molecule has 1 N–H and O–H groups in total. The molecule has 1 unspecified atom stereocenters. The Labute approximate surface area is 183 Å². The lowest BCUT2D eigenvalue weighted by atomic mass is 10.2. The molecule has 2 aliphatic heterocycles.